The quantitative estimate of drug-likeness (QED) is 0.753. The van der Waals surface area contributed by atoms with Crippen molar-refractivity contribution in [2.75, 3.05) is 0 Å². The molecule has 3 nitrogen and oxygen atoms in total. The second kappa shape index (κ2) is 3.83. The molecule has 0 saturated heterocycles. The number of nitrogens with one attached hydrogen (secondary N) is 1. The fourth-order valence-electron chi connectivity index (χ4n) is 1.18. The van der Waals surface area contributed by atoms with E-state index in [1.54, 1.807) is 0 Å². The molecule has 1 aliphatic carbocycles. The van der Waals surface area contributed by atoms with Crippen molar-refractivity contribution in [2.45, 2.75) is 38.8 Å². The van der Waals surface area contributed by atoms with Crippen LogP contribution in [-0.2, 0) is 13.0 Å². The second-order valence-electron chi connectivity index (χ2n) is 3.52. The summed E-state index contributed by atoms with van der Waals surface area (Å²) in [6, 6.07) is 0.731. The minimum Gasteiger partial charge on any atom is -0.307 e. The van der Waals surface area contributed by atoms with Gasteiger partial charge in [-0.25, -0.2) is 9.97 Å². The zero-order chi connectivity index (χ0) is 9.10. The van der Waals surface area contributed by atoms with Crippen LogP contribution in [0.3, 0.4) is 0 Å². The van der Waals surface area contributed by atoms with Gasteiger partial charge < -0.3 is 5.32 Å². The maximum Gasteiger partial charge on any atom is 0.141 e. The lowest BCUT2D eigenvalue weighted by atomic mass is 10.3. The van der Waals surface area contributed by atoms with Crippen molar-refractivity contribution in [3.63, 3.8) is 0 Å². The maximum absolute atomic E-state index is 4.28. The normalized spacial score (nSPS) is 16.1. The summed E-state index contributed by atoms with van der Waals surface area (Å²) in [6.07, 6.45) is 7.46. The van der Waals surface area contributed by atoms with Gasteiger partial charge in [-0.15, -0.1) is 0 Å². The first kappa shape index (κ1) is 8.63. The molecule has 0 aliphatic heterocycles. The fraction of sp³-hybridized carbons (Fsp3) is 0.600. The lowest BCUT2D eigenvalue weighted by molar-refractivity contribution is 0.656. The van der Waals surface area contributed by atoms with Crippen molar-refractivity contribution >= 4 is 0 Å². The van der Waals surface area contributed by atoms with Crippen molar-refractivity contribution in [1.82, 2.24) is 15.3 Å². The van der Waals surface area contributed by atoms with Crippen LogP contribution in [0.4, 0.5) is 0 Å². The van der Waals surface area contributed by atoms with E-state index in [-0.39, 0.29) is 0 Å². The molecular formula is C10H15N3. The van der Waals surface area contributed by atoms with E-state index in [2.05, 4.69) is 22.2 Å². The lowest BCUT2D eigenvalue weighted by Crippen LogP contribution is -2.17. The molecule has 3 heteroatoms. The van der Waals surface area contributed by atoms with Gasteiger partial charge in [0.25, 0.3) is 0 Å². The van der Waals surface area contributed by atoms with Crippen LogP contribution in [0.15, 0.2) is 12.4 Å². The molecule has 0 bridgehead atoms. The summed E-state index contributed by atoms with van der Waals surface area (Å²) in [5, 5.41) is 3.39. The molecule has 0 atom stereocenters. The highest BCUT2D eigenvalue weighted by Gasteiger charge is 2.20. The second-order valence-corrected chi connectivity index (χ2v) is 3.52. The highest BCUT2D eigenvalue weighted by atomic mass is 15.0. The molecular weight excluding hydrogens is 162 g/mol. The molecule has 0 radical (unpaired) electrons. The van der Waals surface area contributed by atoms with Gasteiger partial charge in [0.2, 0.25) is 0 Å². The first-order valence-corrected chi connectivity index (χ1v) is 4.91. The average Bonchev–Trinajstić information content (AvgIpc) is 2.99. The van der Waals surface area contributed by atoms with Gasteiger partial charge in [0.05, 0.1) is 6.54 Å². The van der Waals surface area contributed by atoms with Crippen molar-refractivity contribution in [3.8, 4) is 0 Å². The molecule has 0 aromatic carbocycles. The van der Waals surface area contributed by atoms with E-state index in [0.717, 1.165) is 24.8 Å². The van der Waals surface area contributed by atoms with Crippen molar-refractivity contribution in [3.05, 3.63) is 23.8 Å². The molecule has 0 unspecified atom stereocenters. The Bertz CT molecular complexity index is 264. The zero-order valence-corrected chi connectivity index (χ0v) is 7.95. The number of nitrogens with zero attached hydrogens (tertiary/aromatic N) is 2. The van der Waals surface area contributed by atoms with Crippen LogP contribution in [-0.4, -0.2) is 16.0 Å². The Balaban J connectivity index is 1.88. The van der Waals surface area contributed by atoms with E-state index >= 15 is 0 Å². The van der Waals surface area contributed by atoms with Gasteiger partial charge in [-0.05, 0) is 24.8 Å². The largest absolute Gasteiger partial charge is 0.307 e. The molecule has 13 heavy (non-hydrogen) atoms. The minimum absolute atomic E-state index is 0.731. The van der Waals surface area contributed by atoms with Gasteiger partial charge in [-0.2, -0.15) is 0 Å². The molecule has 2 rings (SSSR count). The summed E-state index contributed by atoms with van der Waals surface area (Å²) in [5.74, 6) is 0.907. The predicted octanol–water partition coefficient (Wildman–Crippen LogP) is 1.29. The SMILES string of the molecule is CCc1cnc(CNC2CC2)nc1. The number of rotatable bonds is 4. The zero-order valence-electron chi connectivity index (χ0n) is 7.95. The average molecular weight is 177 g/mol. The van der Waals surface area contributed by atoms with Crippen LogP contribution in [0.1, 0.15) is 31.2 Å². The highest BCUT2D eigenvalue weighted by Crippen LogP contribution is 2.18. The molecule has 70 valence electrons. The number of aryl methyl sites for hydroxylation is 1. The van der Waals surface area contributed by atoms with Crippen LogP contribution in [0.2, 0.25) is 0 Å². The monoisotopic (exact) mass is 177 g/mol. The summed E-state index contributed by atoms with van der Waals surface area (Å²) in [6.45, 7) is 2.93. The topological polar surface area (TPSA) is 37.8 Å². The molecule has 1 heterocycles. The highest BCUT2D eigenvalue weighted by molar-refractivity contribution is 5.04. The van der Waals surface area contributed by atoms with E-state index in [1.807, 2.05) is 12.4 Å². The predicted molar refractivity (Wildman–Crippen MR) is 51.3 cm³/mol. The number of aromatic nitrogens is 2. The molecule has 1 N–H and O–H groups in total. The smallest absolute Gasteiger partial charge is 0.141 e. The molecule has 1 aliphatic rings. The maximum atomic E-state index is 4.28. The fourth-order valence-corrected chi connectivity index (χ4v) is 1.18. The van der Waals surface area contributed by atoms with E-state index in [1.165, 1.54) is 18.4 Å². The summed E-state index contributed by atoms with van der Waals surface area (Å²) >= 11 is 0. The standard InChI is InChI=1S/C10H15N3/c1-2-8-5-12-10(13-6-8)7-11-9-3-4-9/h5-6,9,11H,2-4,7H2,1H3. The number of hydrogen-bond donors (Lipinski definition) is 1. The van der Waals surface area contributed by atoms with Crippen molar-refractivity contribution in [1.29, 1.82) is 0 Å². The Labute approximate surface area is 78.6 Å². The van der Waals surface area contributed by atoms with Gasteiger partial charge in [-0.3, -0.25) is 0 Å². The van der Waals surface area contributed by atoms with E-state index in [9.17, 15) is 0 Å². The summed E-state index contributed by atoms with van der Waals surface area (Å²) in [7, 11) is 0. The van der Waals surface area contributed by atoms with Gasteiger partial charge in [0.15, 0.2) is 0 Å². The molecule has 1 saturated carbocycles. The Morgan fingerprint density at radius 3 is 2.62 bits per heavy atom. The Kier molecular flexibility index (Phi) is 2.54. The summed E-state index contributed by atoms with van der Waals surface area (Å²) < 4.78 is 0. The first-order chi connectivity index (χ1) is 6.38. The first-order valence-electron chi connectivity index (χ1n) is 4.91. The third-order valence-corrected chi connectivity index (χ3v) is 2.29. The van der Waals surface area contributed by atoms with E-state index in [4.69, 9.17) is 0 Å². The van der Waals surface area contributed by atoms with Crippen LogP contribution in [0.25, 0.3) is 0 Å². The Hall–Kier alpha value is -0.960. The summed E-state index contributed by atoms with van der Waals surface area (Å²) in [4.78, 5) is 8.55. The van der Waals surface area contributed by atoms with Gasteiger partial charge >= 0.3 is 0 Å². The van der Waals surface area contributed by atoms with Crippen LogP contribution in [0, 0.1) is 0 Å². The van der Waals surface area contributed by atoms with E-state index < -0.39 is 0 Å². The van der Waals surface area contributed by atoms with E-state index in [0.29, 0.717) is 0 Å². The van der Waals surface area contributed by atoms with Gasteiger partial charge in [0, 0.05) is 18.4 Å². The summed E-state index contributed by atoms with van der Waals surface area (Å²) in [5.41, 5.74) is 1.20. The molecule has 1 aromatic rings. The Morgan fingerprint density at radius 1 is 1.38 bits per heavy atom. The van der Waals surface area contributed by atoms with Crippen LogP contribution in [0.5, 0.6) is 0 Å². The van der Waals surface area contributed by atoms with Crippen molar-refractivity contribution in [2.24, 2.45) is 0 Å². The number of hydrogen-bond acceptors (Lipinski definition) is 3. The molecule has 1 aromatic heterocycles. The minimum atomic E-state index is 0.731. The Morgan fingerprint density at radius 2 is 2.08 bits per heavy atom. The van der Waals surface area contributed by atoms with Gasteiger partial charge in [0.1, 0.15) is 5.82 Å². The molecule has 0 amide bonds. The third kappa shape index (κ3) is 2.49. The van der Waals surface area contributed by atoms with Crippen LogP contribution >= 0.6 is 0 Å². The lowest BCUT2D eigenvalue weighted by Gasteiger charge is -2.01. The van der Waals surface area contributed by atoms with Crippen molar-refractivity contribution < 1.29 is 0 Å². The third-order valence-electron chi connectivity index (χ3n) is 2.29. The van der Waals surface area contributed by atoms with Crippen LogP contribution < -0.4 is 5.32 Å². The van der Waals surface area contributed by atoms with Gasteiger partial charge in [-0.1, -0.05) is 6.92 Å². The molecule has 1 fully saturated rings. The molecule has 0 spiro atoms.